The second-order valence-corrected chi connectivity index (χ2v) is 3.73. The molecule has 12 heavy (non-hydrogen) atoms. The van der Waals surface area contributed by atoms with Crippen molar-refractivity contribution < 1.29 is 0 Å². The summed E-state index contributed by atoms with van der Waals surface area (Å²) >= 11 is 1.67. The standard InChI is InChI=1S/C8H9N3S/c9-3-6-1-5-4-11-8(10)2-7(5)12-6/h1-2,4H,3,9H2,(H2,10,11). The first-order chi connectivity index (χ1) is 5.79. The Kier molecular flexibility index (Phi) is 1.71. The molecule has 0 amide bonds. The van der Waals surface area contributed by atoms with Crippen molar-refractivity contribution in [3.8, 4) is 0 Å². The summed E-state index contributed by atoms with van der Waals surface area (Å²) in [7, 11) is 0. The highest BCUT2D eigenvalue weighted by Gasteiger charge is 2.00. The highest BCUT2D eigenvalue weighted by Crippen LogP contribution is 2.25. The summed E-state index contributed by atoms with van der Waals surface area (Å²) < 4.78 is 1.16. The van der Waals surface area contributed by atoms with Gasteiger partial charge in [-0.3, -0.25) is 0 Å². The van der Waals surface area contributed by atoms with Crippen molar-refractivity contribution >= 4 is 27.2 Å². The maximum atomic E-state index is 5.54. The van der Waals surface area contributed by atoms with E-state index in [4.69, 9.17) is 11.5 Å². The van der Waals surface area contributed by atoms with Crippen LogP contribution in [-0.4, -0.2) is 4.98 Å². The third kappa shape index (κ3) is 1.15. The second-order valence-electron chi connectivity index (χ2n) is 2.56. The molecule has 0 saturated carbocycles. The van der Waals surface area contributed by atoms with E-state index < -0.39 is 0 Å². The highest BCUT2D eigenvalue weighted by atomic mass is 32.1. The molecule has 3 nitrogen and oxygen atoms in total. The van der Waals surface area contributed by atoms with Crippen LogP contribution in [0.15, 0.2) is 18.3 Å². The molecule has 0 radical (unpaired) electrons. The Balaban J connectivity index is 2.67. The van der Waals surface area contributed by atoms with Gasteiger partial charge in [0.1, 0.15) is 5.82 Å². The topological polar surface area (TPSA) is 64.9 Å². The minimum Gasteiger partial charge on any atom is -0.384 e. The van der Waals surface area contributed by atoms with E-state index in [2.05, 4.69) is 4.98 Å². The average Bonchev–Trinajstić information content (AvgIpc) is 2.46. The molecule has 0 saturated heterocycles. The Labute approximate surface area is 74.0 Å². The van der Waals surface area contributed by atoms with E-state index in [9.17, 15) is 0 Å². The van der Waals surface area contributed by atoms with Crippen molar-refractivity contribution in [3.63, 3.8) is 0 Å². The molecule has 62 valence electrons. The van der Waals surface area contributed by atoms with Crippen LogP contribution in [0.25, 0.3) is 10.1 Å². The summed E-state index contributed by atoms with van der Waals surface area (Å²) in [6, 6.07) is 3.92. The molecular formula is C8H9N3S. The molecule has 2 rings (SSSR count). The molecule has 2 heterocycles. The van der Waals surface area contributed by atoms with E-state index in [0.29, 0.717) is 12.4 Å². The van der Waals surface area contributed by atoms with Gasteiger partial charge in [0.25, 0.3) is 0 Å². The maximum absolute atomic E-state index is 5.54. The number of nitrogen functional groups attached to an aromatic ring is 1. The largest absolute Gasteiger partial charge is 0.384 e. The Morgan fingerprint density at radius 1 is 1.42 bits per heavy atom. The lowest BCUT2D eigenvalue weighted by atomic mass is 10.3. The van der Waals surface area contributed by atoms with Crippen LogP contribution in [0.3, 0.4) is 0 Å². The van der Waals surface area contributed by atoms with Gasteiger partial charge in [-0.25, -0.2) is 4.98 Å². The molecule has 0 unspecified atom stereocenters. The van der Waals surface area contributed by atoms with Crippen molar-refractivity contribution in [1.82, 2.24) is 4.98 Å². The number of nitrogens with zero attached hydrogens (tertiary/aromatic N) is 1. The van der Waals surface area contributed by atoms with Crippen molar-refractivity contribution in [2.75, 3.05) is 5.73 Å². The van der Waals surface area contributed by atoms with Crippen molar-refractivity contribution in [3.05, 3.63) is 23.2 Å². The van der Waals surface area contributed by atoms with Gasteiger partial charge in [-0.05, 0) is 12.1 Å². The number of thiophene rings is 1. The van der Waals surface area contributed by atoms with Crippen LogP contribution in [0.2, 0.25) is 0 Å². The third-order valence-electron chi connectivity index (χ3n) is 1.67. The molecule has 0 spiro atoms. The monoisotopic (exact) mass is 179 g/mol. The number of fused-ring (bicyclic) bond motifs is 1. The van der Waals surface area contributed by atoms with Gasteiger partial charge in [-0.15, -0.1) is 11.3 Å². The molecule has 0 atom stereocenters. The zero-order chi connectivity index (χ0) is 8.55. The van der Waals surface area contributed by atoms with Gasteiger partial charge in [-0.1, -0.05) is 0 Å². The molecule has 0 bridgehead atoms. The van der Waals surface area contributed by atoms with E-state index in [1.165, 1.54) is 0 Å². The normalized spacial score (nSPS) is 10.8. The zero-order valence-corrected chi connectivity index (χ0v) is 7.27. The molecular weight excluding hydrogens is 170 g/mol. The van der Waals surface area contributed by atoms with Crippen LogP contribution in [0.4, 0.5) is 5.82 Å². The fraction of sp³-hybridized carbons (Fsp3) is 0.125. The Morgan fingerprint density at radius 2 is 2.25 bits per heavy atom. The van der Waals surface area contributed by atoms with Crippen molar-refractivity contribution in [2.45, 2.75) is 6.54 Å². The molecule has 2 aromatic heterocycles. The van der Waals surface area contributed by atoms with Gasteiger partial charge in [-0.2, -0.15) is 0 Å². The molecule has 0 aliphatic carbocycles. The zero-order valence-electron chi connectivity index (χ0n) is 6.45. The van der Waals surface area contributed by atoms with Gasteiger partial charge >= 0.3 is 0 Å². The SMILES string of the molecule is NCc1cc2cnc(N)cc2s1. The molecule has 4 heteroatoms. The van der Waals surface area contributed by atoms with E-state index in [-0.39, 0.29) is 0 Å². The van der Waals surface area contributed by atoms with Crippen molar-refractivity contribution in [1.29, 1.82) is 0 Å². The van der Waals surface area contributed by atoms with E-state index >= 15 is 0 Å². The van der Waals surface area contributed by atoms with Crippen LogP contribution in [-0.2, 0) is 6.54 Å². The quantitative estimate of drug-likeness (QED) is 0.694. The summed E-state index contributed by atoms with van der Waals surface area (Å²) in [5.74, 6) is 0.563. The number of rotatable bonds is 1. The van der Waals surface area contributed by atoms with Gasteiger partial charge in [0.2, 0.25) is 0 Å². The van der Waals surface area contributed by atoms with Gasteiger partial charge < -0.3 is 11.5 Å². The molecule has 0 aromatic carbocycles. The molecule has 0 aliphatic heterocycles. The van der Waals surface area contributed by atoms with Gasteiger partial charge in [0.05, 0.1) is 0 Å². The van der Waals surface area contributed by atoms with E-state index in [1.807, 2.05) is 12.1 Å². The fourth-order valence-corrected chi connectivity index (χ4v) is 2.06. The van der Waals surface area contributed by atoms with Crippen LogP contribution < -0.4 is 11.5 Å². The van der Waals surface area contributed by atoms with Crippen molar-refractivity contribution in [2.24, 2.45) is 5.73 Å². The summed E-state index contributed by atoms with van der Waals surface area (Å²) in [6.45, 7) is 0.583. The number of hydrogen-bond acceptors (Lipinski definition) is 4. The maximum Gasteiger partial charge on any atom is 0.124 e. The summed E-state index contributed by atoms with van der Waals surface area (Å²) in [4.78, 5) is 5.16. The average molecular weight is 179 g/mol. The Hall–Kier alpha value is -1.13. The number of pyridine rings is 1. The first-order valence-electron chi connectivity index (χ1n) is 3.63. The van der Waals surface area contributed by atoms with Crippen LogP contribution in [0.5, 0.6) is 0 Å². The fourth-order valence-electron chi connectivity index (χ4n) is 1.10. The van der Waals surface area contributed by atoms with Gasteiger partial charge in [0.15, 0.2) is 0 Å². The first-order valence-corrected chi connectivity index (χ1v) is 4.45. The lowest BCUT2D eigenvalue weighted by molar-refractivity contribution is 1.11. The minimum absolute atomic E-state index is 0.563. The lowest BCUT2D eigenvalue weighted by Crippen LogP contribution is -1.91. The minimum atomic E-state index is 0.563. The summed E-state index contributed by atoms with van der Waals surface area (Å²) in [6.07, 6.45) is 1.78. The highest BCUT2D eigenvalue weighted by molar-refractivity contribution is 7.19. The first kappa shape index (κ1) is 7.52. The van der Waals surface area contributed by atoms with E-state index in [1.54, 1.807) is 17.5 Å². The number of anilines is 1. The van der Waals surface area contributed by atoms with Crippen LogP contribution >= 0.6 is 11.3 Å². The second kappa shape index (κ2) is 2.73. The molecule has 0 aliphatic rings. The predicted molar refractivity (Wildman–Crippen MR) is 51.9 cm³/mol. The number of hydrogen-bond donors (Lipinski definition) is 2. The predicted octanol–water partition coefficient (Wildman–Crippen LogP) is 1.34. The van der Waals surface area contributed by atoms with Crippen LogP contribution in [0.1, 0.15) is 4.88 Å². The smallest absolute Gasteiger partial charge is 0.124 e. The van der Waals surface area contributed by atoms with Gasteiger partial charge in [0, 0.05) is 27.7 Å². The number of aromatic nitrogens is 1. The van der Waals surface area contributed by atoms with E-state index in [0.717, 1.165) is 15.0 Å². The Morgan fingerprint density at radius 3 is 3.00 bits per heavy atom. The Bertz CT molecular complexity index is 408. The van der Waals surface area contributed by atoms with Crippen LogP contribution in [0, 0.1) is 0 Å². The lowest BCUT2D eigenvalue weighted by Gasteiger charge is -1.89. The molecule has 2 aromatic rings. The molecule has 4 N–H and O–H groups in total. The number of nitrogens with two attached hydrogens (primary N) is 2. The summed E-state index contributed by atoms with van der Waals surface area (Å²) in [5.41, 5.74) is 11.0. The molecule has 0 fully saturated rings. The third-order valence-corrected chi connectivity index (χ3v) is 2.80. The summed E-state index contributed by atoms with van der Waals surface area (Å²) in [5, 5.41) is 1.12.